The predicted octanol–water partition coefficient (Wildman–Crippen LogP) is 2.16. The number of benzene rings is 1. The molecule has 1 aliphatic carbocycles. The van der Waals surface area contributed by atoms with E-state index in [0.29, 0.717) is 5.41 Å². The zero-order chi connectivity index (χ0) is 11.0. The van der Waals surface area contributed by atoms with Crippen LogP contribution in [0.1, 0.15) is 24.0 Å². The van der Waals surface area contributed by atoms with Crippen molar-refractivity contribution in [2.24, 2.45) is 5.41 Å². The fourth-order valence-corrected chi connectivity index (χ4v) is 3.32. The van der Waals surface area contributed by atoms with Gasteiger partial charge in [0.15, 0.2) is 0 Å². The molecule has 0 atom stereocenters. The van der Waals surface area contributed by atoms with Crippen molar-refractivity contribution in [1.82, 2.24) is 5.32 Å². The van der Waals surface area contributed by atoms with Crippen molar-refractivity contribution < 1.29 is 4.74 Å². The Balaban J connectivity index is 1.93. The van der Waals surface area contributed by atoms with Gasteiger partial charge in [0.2, 0.25) is 0 Å². The third kappa shape index (κ3) is 1.52. The molecule has 1 aromatic rings. The van der Waals surface area contributed by atoms with Crippen LogP contribution in [0.5, 0.6) is 5.75 Å². The molecule has 1 saturated heterocycles. The summed E-state index contributed by atoms with van der Waals surface area (Å²) in [5, 5.41) is 3.46. The van der Waals surface area contributed by atoms with E-state index in [1.54, 1.807) is 7.11 Å². The van der Waals surface area contributed by atoms with E-state index in [9.17, 15) is 0 Å². The Morgan fingerprint density at radius 3 is 2.75 bits per heavy atom. The van der Waals surface area contributed by atoms with Crippen LogP contribution in [0.3, 0.4) is 0 Å². The standard InChI is InChI=1S/C14H19NO/c1-16-13-4-2-3-11-9-14(10-12(11)13)5-7-15-8-6-14/h2-4,15H,5-10H2,1H3. The Morgan fingerprint density at radius 2 is 2.00 bits per heavy atom. The largest absolute Gasteiger partial charge is 0.496 e. The van der Waals surface area contributed by atoms with Crippen LogP contribution >= 0.6 is 0 Å². The summed E-state index contributed by atoms with van der Waals surface area (Å²) >= 11 is 0. The second-order valence-electron chi connectivity index (χ2n) is 5.20. The average molecular weight is 217 g/mol. The van der Waals surface area contributed by atoms with Crippen LogP contribution in [-0.2, 0) is 12.8 Å². The minimum absolute atomic E-state index is 0.530. The molecule has 3 rings (SSSR count). The lowest BCUT2D eigenvalue weighted by atomic mass is 9.76. The molecule has 86 valence electrons. The number of piperidine rings is 1. The van der Waals surface area contributed by atoms with E-state index in [-0.39, 0.29) is 0 Å². The Hall–Kier alpha value is -1.02. The third-order valence-electron chi connectivity index (χ3n) is 4.23. The summed E-state index contributed by atoms with van der Waals surface area (Å²) in [7, 11) is 1.78. The van der Waals surface area contributed by atoms with Gasteiger partial charge in [-0.3, -0.25) is 0 Å². The van der Waals surface area contributed by atoms with Crippen LogP contribution in [0.15, 0.2) is 18.2 Å². The van der Waals surface area contributed by atoms with Crippen LogP contribution in [0.2, 0.25) is 0 Å². The van der Waals surface area contributed by atoms with Gasteiger partial charge in [-0.05, 0) is 61.4 Å². The lowest BCUT2D eigenvalue weighted by molar-refractivity contribution is 0.215. The Kier molecular flexibility index (Phi) is 2.40. The molecule has 0 aromatic heterocycles. The zero-order valence-corrected chi connectivity index (χ0v) is 9.88. The number of nitrogens with one attached hydrogen (secondary N) is 1. The van der Waals surface area contributed by atoms with Crippen LogP contribution in [0, 0.1) is 5.41 Å². The summed E-state index contributed by atoms with van der Waals surface area (Å²) in [6, 6.07) is 6.49. The average Bonchev–Trinajstić information content (AvgIpc) is 2.67. The number of rotatable bonds is 1. The number of fused-ring (bicyclic) bond motifs is 1. The van der Waals surface area contributed by atoms with Gasteiger partial charge in [0.1, 0.15) is 5.75 Å². The van der Waals surface area contributed by atoms with Crippen molar-refractivity contribution in [3.05, 3.63) is 29.3 Å². The van der Waals surface area contributed by atoms with Gasteiger partial charge >= 0.3 is 0 Å². The van der Waals surface area contributed by atoms with Crippen molar-refractivity contribution in [1.29, 1.82) is 0 Å². The predicted molar refractivity (Wildman–Crippen MR) is 64.9 cm³/mol. The topological polar surface area (TPSA) is 21.3 Å². The lowest BCUT2D eigenvalue weighted by Gasteiger charge is -2.33. The minimum atomic E-state index is 0.530. The maximum atomic E-state index is 5.48. The molecule has 0 unspecified atom stereocenters. The molecule has 1 heterocycles. The molecule has 1 aromatic carbocycles. The van der Waals surface area contributed by atoms with Crippen molar-refractivity contribution in [2.45, 2.75) is 25.7 Å². The van der Waals surface area contributed by atoms with Gasteiger partial charge in [0.05, 0.1) is 7.11 Å². The van der Waals surface area contributed by atoms with E-state index < -0.39 is 0 Å². The smallest absolute Gasteiger partial charge is 0.122 e. The quantitative estimate of drug-likeness (QED) is 0.778. The highest BCUT2D eigenvalue weighted by atomic mass is 16.5. The van der Waals surface area contributed by atoms with Crippen molar-refractivity contribution in [2.75, 3.05) is 20.2 Å². The molecule has 0 bridgehead atoms. The van der Waals surface area contributed by atoms with Gasteiger partial charge in [0.25, 0.3) is 0 Å². The molecule has 1 fully saturated rings. The van der Waals surface area contributed by atoms with Gasteiger partial charge in [0, 0.05) is 0 Å². The first-order valence-corrected chi connectivity index (χ1v) is 6.18. The SMILES string of the molecule is COc1cccc2c1CC1(CCNCC1)C2. The fourth-order valence-electron chi connectivity index (χ4n) is 3.32. The first-order chi connectivity index (χ1) is 7.83. The van der Waals surface area contributed by atoms with Gasteiger partial charge in [-0.1, -0.05) is 12.1 Å². The fraction of sp³-hybridized carbons (Fsp3) is 0.571. The first kappa shape index (κ1) is 10.2. The van der Waals surface area contributed by atoms with E-state index in [1.165, 1.54) is 49.9 Å². The van der Waals surface area contributed by atoms with Gasteiger partial charge in [-0.25, -0.2) is 0 Å². The minimum Gasteiger partial charge on any atom is -0.496 e. The Morgan fingerprint density at radius 1 is 1.19 bits per heavy atom. The van der Waals surface area contributed by atoms with E-state index >= 15 is 0 Å². The van der Waals surface area contributed by atoms with Crippen LogP contribution in [-0.4, -0.2) is 20.2 Å². The molecule has 2 nitrogen and oxygen atoms in total. The second kappa shape index (κ2) is 3.77. The highest BCUT2D eigenvalue weighted by Crippen LogP contribution is 2.46. The second-order valence-corrected chi connectivity index (χ2v) is 5.20. The van der Waals surface area contributed by atoms with E-state index in [2.05, 4.69) is 23.5 Å². The maximum absolute atomic E-state index is 5.48. The highest BCUT2D eigenvalue weighted by molar-refractivity contribution is 5.45. The number of hydrogen-bond acceptors (Lipinski definition) is 2. The molecule has 1 aliphatic heterocycles. The summed E-state index contributed by atoms with van der Waals surface area (Å²) in [4.78, 5) is 0. The molecule has 1 N–H and O–H groups in total. The molecule has 0 radical (unpaired) electrons. The summed E-state index contributed by atoms with van der Waals surface area (Å²) in [6.07, 6.45) is 5.09. The molecule has 0 amide bonds. The number of methoxy groups -OCH3 is 1. The molecular weight excluding hydrogens is 198 g/mol. The van der Waals surface area contributed by atoms with Crippen LogP contribution in [0.4, 0.5) is 0 Å². The van der Waals surface area contributed by atoms with Gasteiger partial charge in [-0.2, -0.15) is 0 Å². The monoisotopic (exact) mass is 217 g/mol. The van der Waals surface area contributed by atoms with E-state index in [1.807, 2.05) is 0 Å². The summed E-state index contributed by atoms with van der Waals surface area (Å²) in [6.45, 7) is 2.35. The molecule has 2 aliphatic rings. The molecule has 0 saturated carbocycles. The zero-order valence-electron chi connectivity index (χ0n) is 9.88. The highest BCUT2D eigenvalue weighted by Gasteiger charge is 2.39. The van der Waals surface area contributed by atoms with Gasteiger partial charge in [-0.15, -0.1) is 0 Å². The van der Waals surface area contributed by atoms with Crippen molar-refractivity contribution >= 4 is 0 Å². The maximum Gasteiger partial charge on any atom is 0.122 e. The summed E-state index contributed by atoms with van der Waals surface area (Å²) < 4.78 is 5.48. The number of ether oxygens (including phenoxy) is 1. The van der Waals surface area contributed by atoms with E-state index in [4.69, 9.17) is 4.74 Å². The molecule has 2 heteroatoms. The molecule has 16 heavy (non-hydrogen) atoms. The lowest BCUT2D eigenvalue weighted by Crippen LogP contribution is -2.37. The number of hydrogen-bond donors (Lipinski definition) is 1. The summed E-state index contributed by atoms with van der Waals surface area (Å²) in [5.41, 5.74) is 3.51. The van der Waals surface area contributed by atoms with Crippen LogP contribution in [0.25, 0.3) is 0 Å². The Bertz CT molecular complexity index is 394. The normalized spacial score (nSPS) is 22.1. The van der Waals surface area contributed by atoms with E-state index in [0.717, 1.165) is 5.75 Å². The third-order valence-corrected chi connectivity index (χ3v) is 4.23. The molecular formula is C14H19NO. The van der Waals surface area contributed by atoms with Crippen molar-refractivity contribution in [3.8, 4) is 5.75 Å². The van der Waals surface area contributed by atoms with Crippen molar-refractivity contribution in [3.63, 3.8) is 0 Å². The first-order valence-electron chi connectivity index (χ1n) is 6.18. The molecule has 1 spiro atoms. The van der Waals surface area contributed by atoms with Gasteiger partial charge < -0.3 is 10.1 Å². The summed E-state index contributed by atoms with van der Waals surface area (Å²) in [5.74, 6) is 1.09. The Labute approximate surface area is 97.0 Å². The van der Waals surface area contributed by atoms with Crippen LogP contribution < -0.4 is 10.1 Å².